The van der Waals surface area contributed by atoms with E-state index in [-0.39, 0.29) is 10.9 Å². The van der Waals surface area contributed by atoms with Crippen molar-refractivity contribution in [1.82, 2.24) is 4.90 Å². The fourth-order valence-electron chi connectivity index (χ4n) is 1.08. The largest absolute Gasteiger partial charge is 0.341 e. The van der Waals surface area contributed by atoms with Gasteiger partial charge < -0.3 is 4.90 Å². The van der Waals surface area contributed by atoms with Crippen molar-refractivity contribution in [3.63, 3.8) is 0 Å². The second kappa shape index (κ2) is 5.33. The lowest BCUT2D eigenvalue weighted by Gasteiger charge is -2.15. The fraction of sp³-hybridized carbons (Fsp3) is 0.300. The number of benzene rings is 1. The van der Waals surface area contributed by atoms with Crippen molar-refractivity contribution in [1.29, 1.82) is 0 Å². The van der Waals surface area contributed by atoms with Crippen LogP contribution in [0.2, 0.25) is 5.02 Å². The van der Waals surface area contributed by atoms with Gasteiger partial charge in [-0.15, -0.1) is 11.6 Å². The summed E-state index contributed by atoms with van der Waals surface area (Å²) in [4.78, 5) is 13.1. The number of carbonyl (C=O) groups is 1. The lowest BCUT2D eigenvalue weighted by atomic mass is 10.2. The number of hydrogen-bond acceptors (Lipinski definition) is 1. The summed E-state index contributed by atoms with van der Waals surface area (Å²) < 4.78 is 12.8. The highest BCUT2D eigenvalue weighted by Gasteiger charge is 2.12. The Balaban J connectivity index is 2.87. The second-order valence-corrected chi connectivity index (χ2v) is 3.83. The first-order chi connectivity index (χ1) is 7.06. The molecule has 1 aromatic rings. The summed E-state index contributed by atoms with van der Waals surface area (Å²) in [5, 5.41) is -0.0554. The molecule has 0 saturated heterocycles. The summed E-state index contributed by atoms with van der Waals surface area (Å²) in [6.45, 7) is 0.440. The Bertz CT molecular complexity index is 370. The van der Waals surface area contributed by atoms with E-state index in [1.807, 2.05) is 0 Å². The molecule has 0 radical (unpaired) electrons. The van der Waals surface area contributed by atoms with Crippen LogP contribution in [0.25, 0.3) is 0 Å². The number of alkyl halides is 1. The molecule has 0 aromatic heterocycles. The maximum Gasteiger partial charge on any atom is 0.253 e. The molecule has 0 spiro atoms. The molecule has 0 fully saturated rings. The van der Waals surface area contributed by atoms with Crippen LogP contribution in [-0.4, -0.2) is 30.3 Å². The van der Waals surface area contributed by atoms with Gasteiger partial charge in [0.15, 0.2) is 0 Å². The van der Waals surface area contributed by atoms with Gasteiger partial charge in [0.1, 0.15) is 5.82 Å². The molecular weight excluding hydrogens is 240 g/mol. The minimum Gasteiger partial charge on any atom is -0.341 e. The smallest absolute Gasteiger partial charge is 0.253 e. The highest BCUT2D eigenvalue weighted by atomic mass is 35.5. The zero-order valence-corrected chi connectivity index (χ0v) is 9.65. The highest BCUT2D eigenvalue weighted by molar-refractivity contribution is 6.31. The molecular formula is C10H10Cl2FNO. The summed E-state index contributed by atoms with van der Waals surface area (Å²) in [6.07, 6.45) is 0. The van der Waals surface area contributed by atoms with Gasteiger partial charge in [-0.05, 0) is 18.2 Å². The maximum absolute atomic E-state index is 12.8. The van der Waals surface area contributed by atoms with Crippen molar-refractivity contribution in [2.45, 2.75) is 0 Å². The maximum atomic E-state index is 12.8. The van der Waals surface area contributed by atoms with Gasteiger partial charge in [-0.3, -0.25) is 4.79 Å². The number of rotatable bonds is 3. The van der Waals surface area contributed by atoms with E-state index >= 15 is 0 Å². The zero-order valence-electron chi connectivity index (χ0n) is 8.14. The van der Waals surface area contributed by atoms with E-state index in [0.717, 1.165) is 0 Å². The van der Waals surface area contributed by atoms with Gasteiger partial charge >= 0.3 is 0 Å². The predicted molar refractivity (Wildman–Crippen MR) is 59.1 cm³/mol. The van der Waals surface area contributed by atoms with E-state index in [1.165, 1.54) is 23.1 Å². The van der Waals surface area contributed by atoms with Crippen LogP contribution in [0.5, 0.6) is 0 Å². The second-order valence-electron chi connectivity index (χ2n) is 3.04. The molecule has 0 aliphatic carbocycles. The van der Waals surface area contributed by atoms with Crippen molar-refractivity contribution in [3.8, 4) is 0 Å². The van der Waals surface area contributed by atoms with Gasteiger partial charge in [-0.1, -0.05) is 11.6 Å². The minimum atomic E-state index is -0.534. The Morgan fingerprint density at radius 1 is 1.53 bits per heavy atom. The molecule has 0 aliphatic rings. The number of carbonyl (C=O) groups excluding carboxylic acids is 1. The Hall–Kier alpha value is -0.800. The molecule has 1 rings (SSSR count). The zero-order chi connectivity index (χ0) is 11.4. The van der Waals surface area contributed by atoms with Crippen LogP contribution in [0.15, 0.2) is 18.2 Å². The third-order valence-electron chi connectivity index (χ3n) is 1.93. The molecule has 0 heterocycles. The topological polar surface area (TPSA) is 20.3 Å². The van der Waals surface area contributed by atoms with E-state index in [1.54, 1.807) is 7.05 Å². The molecule has 5 heteroatoms. The Morgan fingerprint density at radius 3 is 2.73 bits per heavy atom. The molecule has 15 heavy (non-hydrogen) atoms. The highest BCUT2D eigenvalue weighted by Crippen LogP contribution is 2.16. The van der Waals surface area contributed by atoms with Crippen LogP contribution in [0, 0.1) is 5.82 Å². The van der Waals surface area contributed by atoms with Gasteiger partial charge in [0, 0.05) is 25.0 Å². The summed E-state index contributed by atoms with van der Waals surface area (Å²) in [5.74, 6) is -0.400. The van der Waals surface area contributed by atoms with Gasteiger partial charge in [0.2, 0.25) is 0 Å². The Morgan fingerprint density at radius 2 is 2.20 bits per heavy atom. The van der Waals surface area contributed by atoms with E-state index in [4.69, 9.17) is 23.2 Å². The summed E-state index contributed by atoms with van der Waals surface area (Å²) in [6, 6.07) is 3.88. The van der Waals surface area contributed by atoms with Crippen LogP contribution in [-0.2, 0) is 0 Å². The first-order valence-corrected chi connectivity index (χ1v) is 5.24. The van der Waals surface area contributed by atoms with Gasteiger partial charge in [-0.25, -0.2) is 4.39 Å². The van der Waals surface area contributed by atoms with Crippen LogP contribution < -0.4 is 0 Å². The normalized spacial score (nSPS) is 10.1. The summed E-state index contributed by atoms with van der Waals surface area (Å²) in [5.41, 5.74) is 0.356. The van der Waals surface area contributed by atoms with Gasteiger partial charge in [0.25, 0.3) is 5.91 Å². The van der Waals surface area contributed by atoms with Crippen molar-refractivity contribution >= 4 is 29.1 Å². The molecule has 0 saturated carbocycles. The van der Waals surface area contributed by atoms with Crippen molar-refractivity contribution in [2.75, 3.05) is 19.5 Å². The number of hydrogen-bond donors (Lipinski definition) is 0. The van der Waals surface area contributed by atoms with Gasteiger partial charge in [-0.2, -0.15) is 0 Å². The average molecular weight is 250 g/mol. The predicted octanol–water partition coefficient (Wildman–Crippen LogP) is 2.79. The monoisotopic (exact) mass is 249 g/mol. The van der Waals surface area contributed by atoms with E-state index < -0.39 is 5.82 Å². The average Bonchev–Trinajstić information content (AvgIpc) is 2.21. The minimum absolute atomic E-state index is 0.0554. The molecule has 1 amide bonds. The fourth-order valence-corrected chi connectivity index (χ4v) is 1.51. The van der Waals surface area contributed by atoms with Crippen LogP contribution in [0.1, 0.15) is 10.4 Å². The van der Waals surface area contributed by atoms with Crippen molar-refractivity contribution < 1.29 is 9.18 Å². The molecule has 0 atom stereocenters. The van der Waals surface area contributed by atoms with Crippen LogP contribution in [0.3, 0.4) is 0 Å². The molecule has 0 unspecified atom stereocenters. The first kappa shape index (κ1) is 12.3. The molecule has 0 aliphatic heterocycles. The van der Waals surface area contributed by atoms with E-state index in [0.29, 0.717) is 18.0 Å². The summed E-state index contributed by atoms with van der Waals surface area (Å²) in [7, 11) is 1.63. The molecule has 82 valence electrons. The van der Waals surface area contributed by atoms with Crippen molar-refractivity contribution in [2.24, 2.45) is 0 Å². The Labute approximate surface area is 97.6 Å². The molecule has 0 bridgehead atoms. The molecule has 0 N–H and O–H groups in total. The lowest BCUT2D eigenvalue weighted by molar-refractivity contribution is 0.0803. The SMILES string of the molecule is CN(CCCl)C(=O)c1ccc(F)c(Cl)c1. The quantitative estimate of drug-likeness (QED) is 0.755. The Kier molecular flexibility index (Phi) is 4.36. The first-order valence-electron chi connectivity index (χ1n) is 4.32. The van der Waals surface area contributed by atoms with E-state index in [9.17, 15) is 9.18 Å². The lowest BCUT2D eigenvalue weighted by Crippen LogP contribution is -2.28. The number of nitrogens with zero attached hydrogens (tertiary/aromatic N) is 1. The van der Waals surface area contributed by atoms with Crippen LogP contribution in [0.4, 0.5) is 4.39 Å². The summed E-state index contributed by atoms with van der Waals surface area (Å²) >= 11 is 11.1. The third kappa shape index (κ3) is 3.08. The third-order valence-corrected chi connectivity index (χ3v) is 2.39. The van der Waals surface area contributed by atoms with Crippen LogP contribution >= 0.6 is 23.2 Å². The standard InChI is InChI=1S/C10H10Cl2FNO/c1-14(5-4-11)10(15)7-2-3-9(13)8(12)6-7/h2-3,6H,4-5H2,1H3. The van der Waals surface area contributed by atoms with E-state index in [2.05, 4.69) is 0 Å². The number of amides is 1. The molecule has 1 aromatic carbocycles. The molecule has 2 nitrogen and oxygen atoms in total. The van der Waals surface area contributed by atoms with Crippen molar-refractivity contribution in [3.05, 3.63) is 34.6 Å². The van der Waals surface area contributed by atoms with Gasteiger partial charge in [0.05, 0.1) is 5.02 Å². The number of halogens is 3.